The van der Waals surface area contributed by atoms with Crippen molar-refractivity contribution in [3.63, 3.8) is 0 Å². The van der Waals surface area contributed by atoms with Crippen LogP contribution in [0.25, 0.3) is 10.2 Å². The molecule has 0 radical (unpaired) electrons. The summed E-state index contributed by atoms with van der Waals surface area (Å²) in [5.41, 5.74) is 1.01. The van der Waals surface area contributed by atoms with Crippen molar-refractivity contribution in [2.24, 2.45) is 0 Å². The number of para-hydroxylation sites is 1. The molecular formula is C13H16N2S. The lowest BCUT2D eigenvalue weighted by atomic mass is 9.96. The van der Waals surface area contributed by atoms with Crippen molar-refractivity contribution in [1.82, 2.24) is 4.98 Å². The van der Waals surface area contributed by atoms with Gasteiger partial charge in [-0.25, -0.2) is 4.98 Å². The van der Waals surface area contributed by atoms with Crippen LogP contribution in [0.4, 0.5) is 5.13 Å². The third-order valence-electron chi connectivity index (χ3n) is 3.15. The predicted octanol–water partition coefficient (Wildman–Crippen LogP) is 4.04. The highest BCUT2D eigenvalue weighted by Crippen LogP contribution is 2.28. The molecule has 1 aliphatic carbocycles. The third kappa shape index (κ3) is 2.05. The highest BCUT2D eigenvalue weighted by atomic mass is 32.1. The van der Waals surface area contributed by atoms with Crippen LogP contribution in [0.5, 0.6) is 0 Å². The highest BCUT2D eigenvalue weighted by molar-refractivity contribution is 7.22. The number of anilines is 1. The number of hydrogen-bond acceptors (Lipinski definition) is 3. The average Bonchev–Trinajstić information content (AvgIpc) is 2.82. The first-order valence-corrected chi connectivity index (χ1v) is 6.80. The molecule has 16 heavy (non-hydrogen) atoms. The number of thiazole rings is 1. The van der Waals surface area contributed by atoms with Crippen LogP contribution < -0.4 is 5.31 Å². The maximum Gasteiger partial charge on any atom is 0.184 e. The Hall–Kier alpha value is -1.09. The van der Waals surface area contributed by atoms with Gasteiger partial charge < -0.3 is 5.31 Å². The van der Waals surface area contributed by atoms with Gasteiger partial charge in [-0.2, -0.15) is 0 Å². The van der Waals surface area contributed by atoms with Gasteiger partial charge in [-0.05, 0) is 25.0 Å². The van der Waals surface area contributed by atoms with Crippen LogP contribution >= 0.6 is 11.3 Å². The fraction of sp³-hybridized carbons (Fsp3) is 0.462. The van der Waals surface area contributed by atoms with Crippen LogP contribution in [0.15, 0.2) is 24.3 Å². The molecule has 1 aromatic carbocycles. The molecule has 0 bridgehead atoms. The minimum atomic E-state index is 0.365. The molecule has 3 rings (SSSR count). The zero-order chi connectivity index (χ0) is 11.7. The van der Waals surface area contributed by atoms with E-state index in [2.05, 4.69) is 11.1 Å². The number of fused-ring (bicyclic) bond motifs is 1. The van der Waals surface area contributed by atoms with Crippen LogP contribution in [0.1, 0.15) is 32.1 Å². The zero-order valence-corrected chi connectivity index (χ0v) is 10.0. The van der Waals surface area contributed by atoms with E-state index in [-0.39, 0.29) is 0 Å². The van der Waals surface area contributed by atoms with E-state index in [1.807, 2.05) is 18.2 Å². The van der Waals surface area contributed by atoms with Gasteiger partial charge in [-0.3, -0.25) is 0 Å². The smallest absolute Gasteiger partial charge is 0.184 e. The molecule has 2 nitrogen and oxygen atoms in total. The summed E-state index contributed by atoms with van der Waals surface area (Å²) in [7, 11) is 0. The van der Waals surface area contributed by atoms with E-state index >= 15 is 0 Å². The number of hydrogen-bond donors (Lipinski definition) is 1. The first-order valence-electron chi connectivity index (χ1n) is 6.43. The summed E-state index contributed by atoms with van der Waals surface area (Å²) in [5.74, 6) is 0. The summed E-state index contributed by atoms with van der Waals surface area (Å²) in [6.45, 7) is 0. The van der Waals surface area contributed by atoms with Crippen molar-refractivity contribution >= 4 is 26.7 Å². The quantitative estimate of drug-likeness (QED) is 0.846. The summed E-state index contributed by atoms with van der Waals surface area (Å²) >= 11 is 1.63. The number of aromatic nitrogens is 1. The second-order valence-electron chi connectivity index (χ2n) is 4.39. The molecule has 2 aromatic rings. The molecule has 1 heterocycles. The molecule has 0 spiro atoms. The molecule has 1 saturated carbocycles. The third-order valence-corrected chi connectivity index (χ3v) is 4.09. The molecule has 0 amide bonds. The van der Waals surface area contributed by atoms with Gasteiger partial charge in [-0.1, -0.05) is 42.7 Å². The van der Waals surface area contributed by atoms with Gasteiger partial charge in [0.15, 0.2) is 6.54 Å². The second kappa shape index (κ2) is 4.42. The normalized spacial score (nSPS) is 18.6. The summed E-state index contributed by atoms with van der Waals surface area (Å²) in [5, 5.41) is 2.49. The molecule has 0 saturated heterocycles. The summed E-state index contributed by atoms with van der Waals surface area (Å²) in [6, 6.07) is 8.49. The van der Waals surface area contributed by atoms with E-state index in [9.17, 15) is 0 Å². The van der Waals surface area contributed by atoms with E-state index in [1.165, 1.54) is 24.0 Å². The Bertz CT molecular complexity index is 472. The fourth-order valence-electron chi connectivity index (χ4n) is 2.28. The monoisotopic (exact) mass is 233 g/mol. The Labute approximate surface area is 101 Å². The molecule has 1 fully saturated rings. The number of nitrogens with one attached hydrogen (secondary N) is 1. The zero-order valence-electron chi connectivity index (χ0n) is 10.2. The van der Waals surface area contributed by atoms with Gasteiger partial charge in [0.1, 0.15) is 0 Å². The Morgan fingerprint density at radius 1 is 1.25 bits per heavy atom. The van der Waals surface area contributed by atoms with Gasteiger partial charge >= 0.3 is 0 Å². The lowest BCUT2D eigenvalue weighted by Crippen LogP contribution is -2.21. The fourth-order valence-corrected chi connectivity index (χ4v) is 3.19. The van der Waals surface area contributed by atoms with Gasteiger partial charge in [0, 0.05) is 6.04 Å². The number of rotatable bonds is 2. The van der Waals surface area contributed by atoms with E-state index in [0.717, 1.165) is 23.5 Å². The van der Waals surface area contributed by atoms with Gasteiger partial charge in [0.25, 0.3) is 0 Å². The minimum absolute atomic E-state index is 0.365. The SMILES string of the molecule is [2H]N(c1nc2ccccc2s1)C1CCCCC1. The minimum Gasteiger partial charge on any atom is -0.359 e. The molecular weight excluding hydrogens is 216 g/mol. The van der Waals surface area contributed by atoms with E-state index in [4.69, 9.17) is 1.41 Å². The van der Waals surface area contributed by atoms with Crippen molar-refractivity contribution in [2.75, 3.05) is 5.31 Å². The molecule has 0 aliphatic heterocycles. The lowest BCUT2D eigenvalue weighted by Gasteiger charge is -2.22. The first kappa shape index (κ1) is 8.99. The van der Waals surface area contributed by atoms with Gasteiger partial charge in [-0.15, -0.1) is 0 Å². The standard InChI is InChI=1S/C13H16N2S/c1-2-6-10(7-3-1)14-13-15-11-8-4-5-9-12(11)16-13/h4-5,8-10H,1-3,6-7H2,(H,14,15)/i/hD. The summed E-state index contributed by atoms with van der Waals surface area (Å²) in [4.78, 5) is 4.54. The Kier molecular flexibility index (Phi) is 2.48. The molecule has 1 aromatic heterocycles. The van der Waals surface area contributed by atoms with Crippen LogP contribution in [0.3, 0.4) is 0 Å². The molecule has 0 atom stereocenters. The molecule has 84 valence electrons. The van der Waals surface area contributed by atoms with E-state index in [0.29, 0.717) is 6.04 Å². The number of benzene rings is 1. The molecule has 1 aliphatic rings. The predicted molar refractivity (Wildman–Crippen MR) is 70.1 cm³/mol. The Balaban J connectivity index is 1.86. The number of nitrogens with zero attached hydrogens (tertiary/aromatic N) is 1. The van der Waals surface area contributed by atoms with E-state index in [1.54, 1.807) is 16.6 Å². The van der Waals surface area contributed by atoms with Crippen LogP contribution in [0, 0.1) is 0 Å². The van der Waals surface area contributed by atoms with Gasteiger partial charge in [0.05, 0.1) is 10.2 Å². The largest absolute Gasteiger partial charge is 0.359 e. The highest BCUT2D eigenvalue weighted by Gasteiger charge is 2.14. The topological polar surface area (TPSA) is 24.9 Å². The van der Waals surface area contributed by atoms with Crippen molar-refractivity contribution < 1.29 is 1.41 Å². The van der Waals surface area contributed by atoms with Crippen LogP contribution in [-0.2, 0) is 0 Å². The van der Waals surface area contributed by atoms with E-state index < -0.39 is 0 Å². The van der Waals surface area contributed by atoms with Crippen LogP contribution in [0.2, 0.25) is 1.41 Å². The van der Waals surface area contributed by atoms with Crippen molar-refractivity contribution in [1.29, 1.82) is 0 Å². The van der Waals surface area contributed by atoms with Crippen molar-refractivity contribution in [3.8, 4) is 0 Å². The Morgan fingerprint density at radius 3 is 2.88 bits per heavy atom. The van der Waals surface area contributed by atoms with Crippen molar-refractivity contribution in [2.45, 2.75) is 38.1 Å². The maximum atomic E-state index is 8.22. The van der Waals surface area contributed by atoms with Gasteiger partial charge in [0.2, 0.25) is 0 Å². The average molecular weight is 233 g/mol. The Morgan fingerprint density at radius 2 is 2.06 bits per heavy atom. The maximum absolute atomic E-state index is 8.22. The lowest BCUT2D eigenvalue weighted by molar-refractivity contribution is 0.462. The second-order valence-corrected chi connectivity index (χ2v) is 5.39. The van der Waals surface area contributed by atoms with Crippen molar-refractivity contribution in [3.05, 3.63) is 24.3 Å². The molecule has 0 unspecified atom stereocenters. The summed E-state index contributed by atoms with van der Waals surface area (Å²) < 4.78 is 9.40. The summed E-state index contributed by atoms with van der Waals surface area (Å²) in [6.07, 6.45) is 6.11. The molecule has 3 heteroatoms. The first-order chi connectivity index (χ1) is 8.34. The molecule has 1 N–H and O–H groups in total. The van der Waals surface area contributed by atoms with Crippen LogP contribution in [-0.4, -0.2) is 11.0 Å².